The van der Waals surface area contributed by atoms with Gasteiger partial charge in [-0.15, -0.1) is 0 Å². The van der Waals surface area contributed by atoms with Crippen LogP contribution < -0.4 is 10.6 Å². The average Bonchev–Trinajstić information content (AvgIpc) is 2.60. The van der Waals surface area contributed by atoms with Gasteiger partial charge in [-0.1, -0.05) is 63.7 Å². The van der Waals surface area contributed by atoms with Gasteiger partial charge in [-0.25, -0.2) is 0 Å². The van der Waals surface area contributed by atoms with Crippen LogP contribution in [0.2, 0.25) is 0 Å². The minimum Gasteiger partial charge on any atom is -0.474 e. The van der Waals surface area contributed by atoms with Crippen LogP contribution in [-0.4, -0.2) is 14.4 Å². The van der Waals surface area contributed by atoms with Gasteiger partial charge in [-0.05, 0) is 37.5 Å². The average molecular weight is 370 g/mol. The molecule has 0 aliphatic rings. The number of rotatable bonds is 13. The van der Waals surface area contributed by atoms with Crippen molar-refractivity contribution in [2.45, 2.75) is 65.2 Å². The summed E-state index contributed by atoms with van der Waals surface area (Å²) in [5.74, 6) is 4.61. The second-order valence-electron chi connectivity index (χ2n) is 6.16. The zero-order valence-electron chi connectivity index (χ0n) is 15.4. The summed E-state index contributed by atoms with van der Waals surface area (Å²) in [4.78, 5) is 0. The van der Waals surface area contributed by atoms with Crippen molar-refractivity contribution in [3.05, 3.63) is 35.4 Å². The van der Waals surface area contributed by atoms with E-state index in [0.29, 0.717) is 5.75 Å². The lowest BCUT2D eigenvalue weighted by Gasteiger charge is -2.11. The third-order valence-electron chi connectivity index (χ3n) is 3.99. The Hall–Kier alpha value is -1.37. The lowest BCUT2D eigenvalue weighted by atomic mass is 10.0. The van der Waals surface area contributed by atoms with Crippen LogP contribution in [0.5, 0.6) is 5.75 Å². The van der Waals surface area contributed by atoms with Crippen LogP contribution in [0.25, 0.3) is 6.08 Å². The third kappa shape index (κ3) is 9.05. The molecule has 6 heteroatoms. The van der Waals surface area contributed by atoms with Crippen LogP contribution in [0.1, 0.15) is 69.9 Å². The molecule has 0 heterocycles. The molecule has 0 atom stereocenters. The van der Waals surface area contributed by atoms with E-state index in [0.717, 1.165) is 18.4 Å². The van der Waals surface area contributed by atoms with Gasteiger partial charge in [0.2, 0.25) is 5.94 Å². The van der Waals surface area contributed by atoms with Crippen LogP contribution in [0.15, 0.2) is 24.3 Å². The second-order valence-corrected chi connectivity index (χ2v) is 7.70. The van der Waals surface area contributed by atoms with Crippen molar-refractivity contribution in [1.82, 2.24) is 0 Å². The summed E-state index contributed by atoms with van der Waals surface area (Å²) in [6.07, 6.45) is 13.8. The topological polar surface area (TPSA) is 78.6 Å². The lowest BCUT2D eigenvalue weighted by Crippen LogP contribution is -2.18. The van der Waals surface area contributed by atoms with Crippen molar-refractivity contribution in [3.8, 4) is 5.75 Å². The van der Waals surface area contributed by atoms with Crippen molar-refractivity contribution in [3.63, 3.8) is 0 Å². The first-order valence-corrected chi connectivity index (χ1v) is 10.6. The molecule has 0 bridgehead atoms. The zero-order valence-corrected chi connectivity index (χ0v) is 16.2. The first-order valence-electron chi connectivity index (χ1n) is 9.02. The molecule has 0 unspecified atom stereocenters. The maximum atomic E-state index is 11.3. The summed E-state index contributed by atoms with van der Waals surface area (Å²) in [6, 6.07) is 5.83. The van der Waals surface area contributed by atoms with Gasteiger partial charge in [0.15, 0.2) is 0 Å². The Bertz CT molecular complexity index is 626. The van der Waals surface area contributed by atoms with Crippen molar-refractivity contribution in [2.75, 3.05) is 5.94 Å². The van der Waals surface area contributed by atoms with Crippen molar-refractivity contribution < 1.29 is 17.4 Å². The number of allylic oxidation sites excluding steroid dienone is 1. The molecule has 0 fully saturated rings. The number of unbranched alkanes of at least 4 members (excludes halogenated alkanes) is 6. The van der Waals surface area contributed by atoms with E-state index in [4.69, 9.17) is 10.6 Å². The van der Waals surface area contributed by atoms with E-state index in [1.54, 1.807) is 6.07 Å². The quantitative estimate of drug-likeness (QED) is 0.407. The molecular weight excluding hydrogens is 338 g/mol. The van der Waals surface area contributed by atoms with Crippen molar-refractivity contribution in [2.24, 2.45) is 5.90 Å². The number of aryl methyl sites for hydroxylation is 1. The van der Waals surface area contributed by atoms with Crippen molar-refractivity contribution in [1.29, 1.82) is 0 Å². The van der Waals surface area contributed by atoms with Gasteiger partial charge in [0.1, 0.15) is 5.75 Å². The third-order valence-corrected chi connectivity index (χ3v) is 4.69. The Balaban J connectivity index is 2.55. The van der Waals surface area contributed by atoms with Crippen LogP contribution in [0, 0.1) is 0 Å². The summed E-state index contributed by atoms with van der Waals surface area (Å²) >= 11 is 0. The maximum Gasteiger partial charge on any atom is 0.318 e. The number of ether oxygens (including phenoxy) is 1. The Morgan fingerprint density at radius 2 is 1.76 bits per heavy atom. The Labute approximate surface area is 152 Å². The van der Waals surface area contributed by atoms with Gasteiger partial charge in [0, 0.05) is 5.56 Å². The van der Waals surface area contributed by atoms with Crippen LogP contribution in [-0.2, 0) is 20.8 Å². The predicted molar refractivity (Wildman–Crippen MR) is 103 cm³/mol. The second kappa shape index (κ2) is 12.1. The molecule has 0 amide bonds. The first kappa shape index (κ1) is 21.7. The molecule has 0 aliphatic carbocycles. The number of hydrogen-bond donors (Lipinski definition) is 1. The summed E-state index contributed by atoms with van der Waals surface area (Å²) in [6.45, 7) is 4.14. The van der Waals surface area contributed by atoms with Gasteiger partial charge in [-0.3, -0.25) is 0 Å². The van der Waals surface area contributed by atoms with Crippen LogP contribution in [0.4, 0.5) is 0 Å². The fraction of sp³-hybridized carbons (Fsp3) is 0.579. The minimum atomic E-state index is -3.86. The van der Waals surface area contributed by atoms with Gasteiger partial charge in [0.05, 0.1) is 0 Å². The van der Waals surface area contributed by atoms with Gasteiger partial charge < -0.3 is 4.74 Å². The Kier molecular flexibility index (Phi) is 10.5. The molecule has 142 valence electrons. The highest BCUT2D eigenvalue weighted by Crippen LogP contribution is 2.23. The van der Waals surface area contributed by atoms with E-state index in [9.17, 15) is 8.42 Å². The van der Waals surface area contributed by atoms with E-state index in [-0.39, 0.29) is 0 Å². The van der Waals surface area contributed by atoms with Gasteiger partial charge in [-0.2, -0.15) is 18.6 Å². The van der Waals surface area contributed by atoms with E-state index < -0.39 is 16.1 Å². The number of benzene rings is 1. The summed E-state index contributed by atoms with van der Waals surface area (Å²) in [7, 11) is -3.86. The molecule has 1 aromatic carbocycles. The first-order chi connectivity index (χ1) is 12.0. The van der Waals surface area contributed by atoms with E-state index in [1.165, 1.54) is 44.1 Å². The molecule has 1 aromatic rings. The Morgan fingerprint density at radius 3 is 2.40 bits per heavy atom. The highest BCUT2D eigenvalue weighted by atomic mass is 32.2. The summed E-state index contributed by atoms with van der Waals surface area (Å²) < 4.78 is 31.8. The van der Waals surface area contributed by atoms with Crippen LogP contribution >= 0.6 is 0 Å². The van der Waals surface area contributed by atoms with E-state index in [1.807, 2.05) is 31.2 Å². The molecule has 1 rings (SSSR count). The molecule has 5 nitrogen and oxygen atoms in total. The fourth-order valence-electron chi connectivity index (χ4n) is 2.64. The predicted octanol–water partition coefficient (Wildman–Crippen LogP) is 4.57. The monoisotopic (exact) mass is 369 g/mol. The molecule has 25 heavy (non-hydrogen) atoms. The molecule has 0 aromatic heterocycles. The van der Waals surface area contributed by atoms with Crippen molar-refractivity contribution >= 4 is 16.2 Å². The maximum absolute atomic E-state index is 11.3. The summed E-state index contributed by atoms with van der Waals surface area (Å²) in [5.41, 5.74) is 2.09. The minimum absolute atomic E-state index is 0.502. The smallest absolute Gasteiger partial charge is 0.318 e. The Morgan fingerprint density at radius 1 is 1.08 bits per heavy atom. The molecule has 2 N–H and O–H groups in total. The fourth-order valence-corrected chi connectivity index (χ4v) is 2.97. The number of hydrogen-bond acceptors (Lipinski definition) is 5. The van der Waals surface area contributed by atoms with Gasteiger partial charge in [0.25, 0.3) is 0 Å². The molecule has 0 aliphatic heterocycles. The largest absolute Gasteiger partial charge is 0.474 e. The molecular formula is C19H31NO4S. The highest BCUT2D eigenvalue weighted by molar-refractivity contribution is 7.86. The zero-order chi connectivity index (χ0) is 18.5. The standard InChI is InChI=1S/C19H31NO4S/c1-3-5-6-7-8-9-10-12-17-13-14-19(18(15-17)11-4-2)23-16-25(21,22)24-20/h4,11,13-15H,3,5-10,12,16,20H2,1-2H3. The molecule has 0 saturated heterocycles. The van der Waals surface area contributed by atoms with Crippen LogP contribution in [0.3, 0.4) is 0 Å². The normalized spacial score (nSPS) is 12.0. The lowest BCUT2D eigenvalue weighted by molar-refractivity contribution is 0.295. The molecule has 0 spiro atoms. The number of nitrogens with two attached hydrogens (primary N) is 1. The summed E-state index contributed by atoms with van der Waals surface area (Å²) in [5, 5.41) is 0. The van der Waals surface area contributed by atoms with Gasteiger partial charge >= 0.3 is 10.1 Å². The molecule has 0 saturated carbocycles. The SMILES string of the molecule is CC=Cc1cc(CCCCCCCCC)ccc1OCS(=O)(=O)ON. The molecule has 0 radical (unpaired) electrons. The van der Waals surface area contributed by atoms with E-state index in [2.05, 4.69) is 11.2 Å². The van der Waals surface area contributed by atoms with E-state index >= 15 is 0 Å². The highest BCUT2D eigenvalue weighted by Gasteiger charge is 2.12.